The summed E-state index contributed by atoms with van der Waals surface area (Å²) in [5, 5.41) is 8.34. The maximum absolute atomic E-state index is 11.3. The minimum Gasteiger partial charge on any atom is -0.214 e. The summed E-state index contributed by atoms with van der Waals surface area (Å²) in [7, 11) is -3.36. The van der Waals surface area contributed by atoms with Crippen molar-refractivity contribution in [2.75, 3.05) is 12.3 Å². The van der Waals surface area contributed by atoms with Crippen LogP contribution >= 0.6 is 0 Å². The molecule has 0 aliphatic heterocycles. The van der Waals surface area contributed by atoms with Gasteiger partial charge in [-0.1, -0.05) is 26.2 Å². The van der Waals surface area contributed by atoms with Crippen LogP contribution in [0.1, 0.15) is 39.0 Å². The van der Waals surface area contributed by atoms with Gasteiger partial charge in [-0.05, 0) is 24.7 Å². The van der Waals surface area contributed by atoms with Crippen LogP contribution < -0.4 is 4.72 Å². The smallest absolute Gasteiger partial charge is 0.214 e. The largest absolute Gasteiger partial charge is 0.225 e. The normalized spacial score (nSPS) is 26.2. The van der Waals surface area contributed by atoms with Crippen LogP contribution in [0.5, 0.6) is 0 Å². The van der Waals surface area contributed by atoms with Crippen molar-refractivity contribution < 1.29 is 8.42 Å². The van der Waals surface area contributed by atoms with E-state index >= 15 is 0 Å². The number of nitrogens with one attached hydrogen (secondary N) is 1. The van der Waals surface area contributed by atoms with Crippen molar-refractivity contribution in [3.8, 4) is 6.07 Å². The van der Waals surface area contributed by atoms with E-state index in [0.717, 1.165) is 18.8 Å². The Morgan fingerprint density at radius 1 is 1.25 bits per heavy atom. The van der Waals surface area contributed by atoms with E-state index in [0.29, 0.717) is 12.5 Å². The van der Waals surface area contributed by atoms with Gasteiger partial charge < -0.3 is 0 Å². The molecule has 0 radical (unpaired) electrons. The molecule has 92 valence electrons. The van der Waals surface area contributed by atoms with E-state index in [1.165, 1.54) is 19.3 Å². The summed E-state index contributed by atoms with van der Waals surface area (Å²) in [6.45, 7) is 2.71. The molecule has 0 atom stereocenters. The number of sulfonamides is 1. The molecule has 0 heterocycles. The van der Waals surface area contributed by atoms with Crippen LogP contribution in [0.4, 0.5) is 0 Å². The Balaban J connectivity index is 2.28. The standard InChI is InChI=1S/C11H20N2O2S/c1-2-10-3-5-11(6-4-10)9-13-16(14,15)8-7-12/h10-11,13H,2-6,8-9H2,1H3. The Kier molecular flexibility index (Phi) is 5.23. The Morgan fingerprint density at radius 2 is 1.81 bits per heavy atom. The summed E-state index contributed by atoms with van der Waals surface area (Å²) >= 11 is 0. The fraction of sp³-hybridized carbons (Fsp3) is 0.909. The molecule has 1 aliphatic carbocycles. The maximum Gasteiger partial charge on any atom is 0.225 e. The van der Waals surface area contributed by atoms with Crippen molar-refractivity contribution >= 4 is 10.0 Å². The monoisotopic (exact) mass is 244 g/mol. The molecule has 0 aromatic heterocycles. The van der Waals surface area contributed by atoms with Gasteiger partial charge in [0.2, 0.25) is 10.0 Å². The minimum atomic E-state index is -3.36. The molecule has 0 aromatic carbocycles. The van der Waals surface area contributed by atoms with E-state index in [4.69, 9.17) is 5.26 Å². The first-order valence-electron chi connectivity index (χ1n) is 5.91. The Hall–Kier alpha value is -0.600. The third kappa shape index (κ3) is 4.50. The molecule has 1 fully saturated rings. The number of hydrogen-bond donors (Lipinski definition) is 1. The molecule has 0 unspecified atom stereocenters. The first-order valence-corrected chi connectivity index (χ1v) is 7.57. The van der Waals surface area contributed by atoms with Gasteiger partial charge >= 0.3 is 0 Å². The highest BCUT2D eigenvalue weighted by Crippen LogP contribution is 2.30. The molecule has 0 saturated heterocycles. The van der Waals surface area contributed by atoms with Gasteiger partial charge in [0.15, 0.2) is 5.75 Å². The van der Waals surface area contributed by atoms with Gasteiger partial charge in [0, 0.05) is 6.54 Å². The number of nitrogens with zero attached hydrogens (tertiary/aromatic N) is 1. The number of nitriles is 1. The Morgan fingerprint density at radius 3 is 2.31 bits per heavy atom. The third-order valence-corrected chi connectivity index (χ3v) is 4.51. The molecule has 16 heavy (non-hydrogen) atoms. The molecule has 1 N–H and O–H groups in total. The fourth-order valence-electron chi connectivity index (χ4n) is 2.22. The van der Waals surface area contributed by atoms with Crippen molar-refractivity contribution in [1.82, 2.24) is 4.72 Å². The number of rotatable bonds is 5. The zero-order chi connectivity index (χ0) is 12.0. The predicted octanol–water partition coefficient (Wildman–Crippen LogP) is 1.65. The molecular formula is C11H20N2O2S. The summed E-state index contributed by atoms with van der Waals surface area (Å²) in [6, 6.07) is 1.66. The third-order valence-electron chi connectivity index (χ3n) is 3.39. The Labute approximate surface area is 98.1 Å². The van der Waals surface area contributed by atoms with Gasteiger partial charge in [0.05, 0.1) is 6.07 Å². The molecule has 5 heteroatoms. The fourth-order valence-corrected chi connectivity index (χ4v) is 2.99. The SMILES string of the molecule is CCC1CCC(CNS(=O)(=O)CC#N)CC1. The van der Waals surface area contributed by atoms with Crippen molar-refractivity contribution in [1.29, 1.82) is 5.26 Å². The van der Waals surface area contributed by atoms with Crippen LogP contribution in [0.25, 0.3) is 0 Å². The van der Waals surface area contributed by atoms with Crippen molar-refractivity contribution in [2.24, 2.45) is 11.8 Å². The zero-order valence-corrected chi connectivity index (χ0v) is 10.6. The molecule has 1 rings (SSSR count). The van der Waals surface area contributed by atoms with Crippen LogP contribution in [0.15, 0.2) is 0 Å². The highest BCUT2D eigenvalue weighted by atomic mass is 32.2. The van der Waals surface area contributed by atoms with Gasteiger partial charge in [-0.2, -0.15) is 5.26 Å². The second-order valence-corrected chi connectivity index (χ2v) is 6.37. The number of hydrogen-bond acceptors (Lipinski definition) is 3. The summed E-state index contributed by atoms with van der Waals surface area (Å²) in [5.41, 5.74) is 0. The first kappa shape index (κ1) is 13.5. The zero-order valence-electron chi connectivity index (χ0n) is 9.78. The van der Waals surface area contributed by atoms with E-state index in [-0.39, 0.29) is 0 Å². The van der Waals surface area contributed by atoms with E-state index in [2.05, 4.69) is 11.6 Å². The van der Waals surface area contributed by atoms with E-state index in [1.807, 2.05) is 0 Å². The van der Waals surface area contributed by atoms with Crippen LogP contribution in [0, 0.1) is 23.2 Å². The van der Waals surface area contributed by atoms with Crippen molar-refractivity contribution in [3.05, 3.63) is 0 Å². The van der Waals surface area contributed by atoms with Crippen LogP contribution in [-0.4, -0.2) is 20.7 Å². The van der Waals surface area contributed by atoms with Gasteiger partial charge in [0.1, 0.15) is 0 Å². The van der Waals surface area contributed by atoms with Gasteiger partial charge in [0.25, 0.3) is 0 Å². The predicted molar refractivity (Wildman–Crippen MR) is 63.1 cm³/mol. The van der Waals surface area contributed by atoms with Crippen LogP contribution in [-0.2, 0) is 10.0 Å². The first-order chi connectivity index (χ1) is 7.57. The summed E-state index contributed by atoms with van der Waals surface area (Å²) in [6.07, 6.45) is 5.86. The second-order valence-electron chi connectivity index (χ2n) is 4.56. The summed E-state index contributed by atoms with van der Waals surface area (Å²) < 4.78 is 25.0. The van der Waals surface area contributed by atoms with Crippen LogP contribution in [0.3, 0.4) is 0 Å². The van der Waals surface area contributed by atoms with Gasteiger partial charge in [-0.3, -0.25) is 0 Å². The molecule has 0 bridgehead atoms. The van der Waals surface area contributed by atoms with Gasteiger partial charge in [-0.15, -0.1) is 0 Å². The average Bonchev–Trinajstić information content (AvgIpc) is 2.27. The highest BCUT2D eigenvalue weighted by molar-refractivity contribution is 7.89. The second kappa shape index (κ2) is 6.21. The van der Waals surface area contributed by atoms with Crippen molar-refractivity contribution in [2.45, 2.75) is 39.0 Å². The molecule has 0 spiro atoms. The molecule has 4 nitrogen and oxygen atoms in total. The van der Waals surface area contributed by atoms with E-state index < -0.39 is 15.8 Å². The molecule has 1 aliphatic rings. The van der Waals surface area contributed by atoms with Crippen LogP contribution in [0.2, 0.25) is 0 Å². The van der Waals surface area contributed by atoms with Gasteiger partial charge in [-0.25, -0.2) is 13.1 Å². The quantitative estimate of drug-likeness (QED) is 0.799. The lowest BCUT2D eigenvalue weighted by atomic mass is 9.81. The summed E-state index contributed by atoms with van der Waals surface area (Å²) in [4.78, 5) is 0. The molecule has 1 saturated carbocycles. The maximum atomic E-state index is 11.3. The molecule has 0 amide bonds. The molecule has 0 aromatic rings. The summed E-state index contributed by atoms with van der Waals surface area (Å²) in [5.74, 6) is 0.848. The highest BCUT2D eigenvalue weighted by Gasteiger charge is 2.21. The Bertz CT molecular complexity index is 337. The lowest BCUT2D eigenvalue weighted by molar-refractivity contribution is 0.270. The average molecular weight is 244 g/mol. The van der Waals surface area contributed by atoms with E-state index in [1.54, 1.807) is 6.07 Å². The lowest BCUT2D eigenvalue weighted by Crippen LogP contribution is -2.32. The topological polar surface area (TPSA) is 70.0 Å². The lowest BCUT2D eigenvalue weighted by Gasteiger charge is -2.27. The molecular weight excluding hydrogens is 224 g/mol. The van der Waals surface area contributed by atoms with Crippen molar-refractivity contribution in [3.63, 3.8) is 0 Å². The van der Waals surface area contributed by atoms with E-state index in [9.17, 15) is 8.42 Å². The minimum absolute atomic E-state index is 0.433.